The van der Waals surface area contributed by atoms with Gasteiger partial charge in [-0.3, -0.25) is 5.32 Å². The number of carbonyl (C=O) groups is 1. The van der Waals surface area contributed by atoms with E-state index in [2.05, 4.69) is 27.2 Å². The van der Waals surface area contributed by atoms with E-state index < -0.39 is 0 Å². The van der Waals surface area contributed by atoms with E-state index >= 15 is 0 Å². The molecule has 2 N–H and O–H groups in total. The second-order valence-electron chi connectivity index (χ2n) is 4.26. The van der Waals surface area contributed by atoms with Gasteiger partial charge in [-0.15, -0.1) is 0 Å². The molecule has 2 aromatic rings. The fourth-order valence-electron chi connectivity index (χ4n) is 1.69. The third kappa shape index (κ3) is 4.13. The number of unbranched alkanes of at least 4 members (excludes halogenated alkanes) is 1. The average Bonchev–Trinajstić information content (AvgIpc) is 2.90. The Kier molecular flexibility index (Phi) is 4.55. The second kappa shape index (κ2) is 6.58. The number of nitrogens with one attached hydrogen (secondary N) is 2. The number of amides is 2. The first-order valence-electron chi connectivity index (χ1n) is 6.35. The molecule has 0 radical (unpaired) electrons. The van der Waals surface area contributed by atoms with E-state index in [-0.39, 0.29) is 6.03 Å². The van der Waals surface area contributed by atoms with Crippen LogP contribution in [0.2, 0.25) is 0 Å². The lowest BCUT2D eigenvalue weighted by Crippen LogP contribution is -2.19. The molecule has 0 aliphatic heterocycles. The van der Waals surface area contributed by atoms with Gasteiger partial charge in [0.15, 0.2) is 5.82 Å². The summed E-state index contributed by atoms with van der Waals surface area (Å²) in [5.74, 6) is 0.386. The van der Waals surface area contributed by atoms with Crippen molar-refractivity contribution in [1.29, 1.82) is 0 Å². The molecule has 2 rings (SSSR count). The van der Waals surface area contributed by atoms with Crippen molar-refractivity contribution in [2.75, 3.05) is 10.6 Å². The van der Waals surface area contributed by atoms with Crippen molar-refractivity contribution in [3.8, 4) is 0 Å². The number of carbonyl (C=O) groups excluding carboxylic acids is 1. The van der Waals surface area contributed by atoms with Crippen molar-refractivity contribution in [2.24, 2.45) is 0 Å². The van der Waals surface area contributed by atoms with E-state index in [9.17, 15) is 4.79 Å². The SMILES string of the molecule is CCCCc1ccc(NC(=O)Nc2ccon2)cc1. The van der Waals surface area contributed by atoms with Gasteiger partial charge in [0.25, 0.3) is 0 Å². The largest absolute Gasteiger partial charge is 0.363 e. The predicted molar refractivity (Wildman–Crippen MR) is 74.2 cm³/mol. The molecule has 0 saturated carbocycles. The molecule has 0 fully saturated rings. The van der Waals surface area contributed by atoms with Crippen molar-refractivity contribution >= 4 is 17.5 Å². The maximum Gasteiger partial charge on any atom is 0.324 e. The number of hydrogen-bond acceptors (Lipinski definition) is 3. The number of rotatable bonds is 5. The van der Waals surface area contributed by atoms with Gasteiger partial charge in [0, 0.05) is 11.8 Å². The summed E-state index contributed by atoms with van der Waals surface area (Å²) in [6.45, 7) is 2.17. The van der Waals surface area contributed by atoms with Gasteiger partial charge in [-0.25, -0.2) is 4.79 Å². The first-order chi connectivity index (χ1) is 9.28. The van der Waals surface area contributed by atoms with E-state index in [0.717, 1.165) is 12.1 Å². The third-order valence-corrected chi connectivity index (χ3v) is 2.71. The van der Waals surface area contributed by atoms with Gasteiger partial charge in [-0.2, -0.15) is 0 Å². The predicted octanol–water partition coefficient (Wildman–Crippen LogP) is 3.66. The van der Waals surface area contributed by atoms with Crippen LogP contribution in [0.5, 0.6) is 0 Å². The van der Waals surface area contributed by atoms with Crippen LogP contribution in [-0.2, 0) is 6.42 Å². The van der Waals surface area contributed by atoms with Gasteiger partial charge in [-0.05, 0) is 30.5 Å². The first-order valence-corrected chi connectivity index (χ1v) is 6.35. The van der Waals surface area contributed by atoms with Crippen molar-refractivity contribution in [3.05, 3.63) is 42.2 Å². The summed E-state index contributed by atoms with van der Waals surface area (Å²) in [4.78, 5) is 11.6. The summed E-state index contributed by atoms with van der Waals surface area (Å²) in [5, 5.41) is 8.89. The van der Waals surface area contributed by atoms with Crippen molar-refractivity contribution in [1.82, 2.24) is 5.16 Å². The highest BCUT2D eigenvalue weighted by atomic mass is 16.5. The lowest BCUT2D eigenvalue weighted by atomic mass is 10.1. The molecule has 0 aliphatic carbocycles. The van der Waals surface area contributed by atoms with E-state index in [1.165, 1.54) is 24.7 Å². The standard InChI is InChI=1S/C14H17N3O2/c1-2-3-4-11-5-7-12(8-6-11)15-14(18)16-13-9-10-19-17-13/h5-10H,2-4H2,1H3,(H2,15,16,17,18). The van der Waals surface area contributed by atoms with Crippen LogP contribution in [0.25, 0.3) is 0 Å². The van der Waals surface area contributed by atoms with Gasteiger partial charge in [0.05, 0.1) is 0 Å². The summed E-state index contributed by atoms with van der Waals surface area (Å²) in [6.07, 6.45) is 4.83. The summed E-state index contributed by atoms with van der Waals surface area (Å²) in [7, 11) is 0. The fraction of sp³-hybridized carbons (Fsp3) is 0.286. The molecule has 1 aromatic heterocycles. The Morgan fingerprint density at radius 1 is 1.21 bits per heavy atom. The summed E-state index contributed by atoms with van der Waals surface area (Å²) >= 11 is 0. The molecule has 0 saturated heterocycles. The minimum absolute atomic E-state index is 0.338. The smallest absolute Gasteiger partial charge is 0.324 e. The molecule has 0 aliphatic rings. The number of aromatic nitrogens is 1. The summed E-state index contributed by atoms with van der Waals surface area (Å²) < 4.78 is 4.63. The molecule has 0 unspecified atom stereocenters. The highest BCUT2D eigenvalue weighted by Crippen LogP contribution is 2.12. The quantitative estimate of drug-likeness (QED) is 0.861. The van der Waals surface area contributed by atoms with Crippen molar-refractivity contribution < 1.29 is 9.32 Å². The molecular weight excluding hydrogens is 242 g/mol. The Bertz CT molecular complexity index is 506. The molecule has 0 atom stereocenters. The number of anilines is 2. The number of aryl methyl sites for hydroxylation is 1. The Labute approximate surface area is 112 Å². The van der Waals surface area contributed by atoms with Gasteiger partial charge in [0.1, 0.15) is 6.26 Å². The van der Waals surface area contributed by atoms with Crippen LogP contribution in [0.3, 0.4) is 0 Å². The van der Waals surface area contributed by atoms with Gasteiger partial charge in [-0.1, -0.05) is 30.6 Å². The lowest BCUT2D eigenvalue weighted by Gasteiger charge is -2.06. The van der Waals surface area contributed by atoms with Crippen LogP contribution in [-0.4, -0.2) is 11.2 Å². The minimum atomic E-state index is -0.338. The van der Waals surface area contributed by atoms with Crippen LogP contribution in [0.4, 0.5) is 16.3 Å². The zero-order chi connectivity index (χ0) is 13.5. The van der Waals surface area contributed by atoms with E-state index in [0.29, 0.717) is 5.82 Å². The number of urea groups is 1. The molecule has 0 bridgehead atoms. The number of hydrogen-bond donors (Lipinski definition) is 2. The molecule has 100 valence electrons. The maximum atomic E-state index is 11.6. The summed E-state index contributed by atoms with van der Waals surface area (Å²) in [5.41, 5.74) is 2.03. The van der Waals surface area contributed by atoms with E-state index in [4.69, 9.17) is 0 Å². The Hall–Kier alpha value is -2.30. The summed E-state index contributed by atoms with van der Waals surface area (Å²) in [6, 6.07) is 9.09. The monoisotopic (exact) mass is 259 g/mol. The Morgan fingerprint density at radius 3 is 2.63 bits per heavy atom. The maximum absolute atomic E-state index is 11.6. The van der Waals surface area contributed by atoms with Crippen LogP contribution in [0.1, 0.15) is 25.3 Å². The number of benzene rings is 1. The van der Waals surface area contributed by atoms with E-state index in [1.54, 1.807) is 6.07 Å². The Balaban J connectivity index is 1.86. The van der Waals surface area contributed by atoms with Crippen LogP contribution >= 0.6 is 0 Å². The van der Waals surface area contributed by atoms with Crippen molar-refractivity contribution in [2.45, 2.75) is 26.2 Å². The van der Waals surface area contributed by atoms with Crippen LogP contribution in [0, 0.1) is 0 Å². The highest BCUT2D eigenvalue weighted by Gasteiger charge is 2.04. The normalized spacial score (nSPS) is 10.2. The Morgan fingerprint density at radius 2 is 2.00 bits per heavy atom. The van der Waals surface area contributed by atoms with Gasteiger partial charge in [0.2, 0.25) is 0 Å². The van der Waals surface area contributed by atoms with Gasteiger partial charge >= 0.3 is 6.03 Å². The number of nitrogens with zero attached hydrogens (tertiary/aromatic N) is 1. The molecule has 0 spiro atoms. The highest BCUT2D eigenvalue weighted by molar-refractivity contribution is 5.99. The molecule has 1 aromatic carbocycles. The topological polar surface area (TPSA) is 67.2 Å². The zero-order valence-corrected chi connectivity index (χ0v) is 10.8. The zero-order valence-electron chi connectivity index (χ0n) is 10.8. The molecule has 19 heavy (non-hydrogen) atoms. The fourth-order valence-corrected chi connectivity index (χ4v) is 1.69. The molecular formula is C14H17N3O2. The molecule has 5 nitrogen and oxygen atoms in total. The molecule has 5 heteroatoms. The van der Waals surface area contributed by atoms with Crippen molar-refractivity contribution in [3.63, 3.8) is 0 Å². The third-order valence-electron chi connectivity index (χ3n) is 2.71. The molecule has 1 heterocycles. The lowest BCUT2D eigenvalue weighted by molar-refractivity contribution is 0.262. The van der Waals surface area contributed by atoms with Gasteiger partial charge < -0.3 is 9.84 Å². The molecule has 2 amide bonds. The minimum Gasteiger partial charge on any atom is -0.363 e. The second-order valence-corrected chi connectivity index (χ2v) is 4.26. The van der Waals surface area contributed by atoms with E-state index in [1.807, 2.05) is 24.3 Å². The van der Waals surface area contributed by atoms with Crippen LogP contribution in [0.15, 0.2) is 41.1 Å². The average molecular weight is 259 g/mol. The first kappa shape index (κ1) is 13.1. The van der Waals surface area contributed by atoms with Crippen LogP contribution < -0.4 is 10.6 Å².